The number of nitrogens with zero attached hydrogens (tertiary/aromatic N) is 1. The van der Waals surface area contributed by atoms with Gasteiger partial charge in [0, 0.05) is 12.8 Å². The maximum absolute atomic E-state index is 9.21. The van der Waals surface area contributed by atoms with E-state index in [0.29, 0.717) is 24.3 Å². The summed E-state index contributed by atoms with van der Waals surface area (Å²) in [5.74, 6) is 6.61. The average molecular weight is 291 g/mol. The Morgan fingerprint density at radius 3 is 2.71 bits per heavy atom. The maximum Gasteiger partial charge on any atom is 0.138 e. The standard InChI is InChI=1S/C16H21NO4/c1-16(2,20-8-7-18)6-5-12-3-4-14(11-17-12)21-15-9-13(19)10-15/h3-4,11,13,15,18-19H,7-10H2,1-2H3. The Morgan fingerprint density at radius 1 is 1.38 bits per heavy atom. The van der Waals surface area contributed by atoms with Gasteiger partial charge in [-0.3, -0.25) is 0 Å². The molecule has 0 radical (unpaired) electrons. The molecule has 21 heavy (non-hydrogen) atoms. The largest absolute Gasteiger partial charge is 0.489 e. The number of hydrogen-bond donors (Lipinski definition) is 2. The van der Waals surface area contributed by atoms with Gasteiger partial charge >= 0.3 is 0 Å². The number of aliphatic hydroxyl groups excluding tert-OH is 2. The molecule has 1 heterocycles. The fraction of sp³-hybridized carbons (Fsp3) is 0.562. The molecule has 114 valence electrons. The molecule has 1 aliphatic rings. The highest BCUT2D eigenvalue weighted by Crippen LogP contribution is 2.25. The molecule has 0 aromatic carbocycles. The smallest absolute Gasteiger partial charge is 0.138 e. The second-order valence-electron chi connectivity index (χ2n) is 5.58. The van der Waals surface area contributed by atoms with E-state index < -0.39 is 5.60 Å². The maximum atomic E-state index is 9.21. The highest BCUT2D eigenvalue weighted by molar-refractivity contribution is 5.33. The Balaban J connectivity index is 1.90. The van der Waals surface area contributed by atoms with Gasteiger partial charge in [0.05, 0.1) is 25.5 Å². The minimum absolute atomic E-state index is 0.0226. The van der Waals surface area contributed by atoms with Gasteiger partial charge in [0.1, 0.15) is 23.1 Å². The Morgan fingerprint density at radius 2 is 2.14 bits per heavy atom. The first kappa shape index (κ1) is 15.8. The van der Waals surface area contributed by atoms with E-state index in [2.05, 4.69) is 16.8 Å². The predicted molar refractivity (Wildman–Crippen MR) is 77.9 cm³/mol. The second-order valence-corrected chi connectivity index (χ2v) is 5.58. The minimum atomic E-state index is -0.623. The molecule has 0 amide bonds. The lowest BCUT2D eigenvalue weighted by atomic mass is 9.92. The van der Waals surface area contributed by atoms with E-state index in [-0.39, 0.29) is 25.4 Å². The average Bonchev–Trinajstić information content (AvgIpc) is 2.43. The first-order valence-corrected chi connectivity index (χ1v) is 7.07. The molecule has 2 N–H and O–H groups in total. The number of hydrogen-bond acceptors (Lipinski definition) is 5. The molecule has 5 nitrogen and oxygen atoms in total. The van der Waals surface area contributed by atoms with Crippen LogP contribution in [0.4, 0.5) is 0 Å². The fourth-order valence-electron chi connectivity index (χ4n) is 1.90. The van der Waals surface area contributed by atoms with Crippen molar-refractivity contribution < 1.29 is 19.7 Å². The lowest BCUT2D eigenvalue weighted by Crippen LogP contribution is -2.37. The van der Waals surface area contributed by atoms with Gasteiger partial charge in [-0.1, -0.05) is 5.92 Å². The van der Waals surface area contributed by atoms with E-state index in [1.54, 1.807) is 12.3 Å². The molecule has 0 spiro atoms. The van der Waals surface area contributed by atoms with Gasteiger partial charge in [0.15, 0.2) is 0 Å². The Labute approximate surface area is 124 Å². The monoisotopic (exact) mass is 291 g/mol. The SMILES string of the molecule is CC(C)(C#Cc1ccc(OC2CC(O)C2)cn1)OCCO. The molecule has 1 aromatic rings. The highest BCUT2D eigenvalue weighted by atomic mass is 16.5. The molecule has 2 rings (SSSR count). The van der Waals surface area contributed by atoms with Gasteiger partial charge in [0.25, 0.3) is 0 Å². The van der Waals surface area contributed by atoms with E-state index in [4.69, 9.17) is 14.6 Å². The molecule has 1 fully saturated rings. The van der Waals surface area contributed by atoms with Crippen LogP contribution in [-0.4, -0.2) is 46.2 Å². The summed E-state index contributed by atoms with van der Waals surface area (Å²) >= 11 is 0. The molecule has 0 unspecified atom stereocenters. The lowest BCUT2D eigenvalue weighted by Gasteiger charge is -2.31. The Kier molecular flexibility index (Phi) is 5.18. The number of pyridine rings is 1. The van der Waals surface area contributed by atoms with Crippen LogP contribution < -0.4 is 4.74 Å². The van der Waals surface area contributed by atoms with Crippen LogP contribution >= 0.6 is 0 Å². The van der Waals surface area contributed by atoms with Crippen LogP contribution in [0.25, 0.3) is 0 Å². The van der Waals surface area contributed by atoms with Gasteiger partial charge in [-0.05, 0) is 31.9 Å². The summed E-state index contributed by atoms with van der Waals surface area (Å²) < 4.78 is 11.1. The molecule has 5 heteroatoms. The van der Waals surface area contributed by atoms with Crippen LogP contribution in [0.5, 0.6) is 5.75 Å². The minimum Gasteiger partial charge on any atom is -0.489 e. The van der Waals surface area contributed by atoms with Gasteiger partial charge in [-0.25, -0.2) is 4.98 Å². The third-order valence-electron chi connectivity index (χ3n) is 3.15. The molecule has 0 bridgehead atoms. The van der Waals surface area contributed by atoms with Crippen LogP contribution in [0.1, 0.15) is 32.4 Å². The summed E-state index contributed by atoms with van der Waals surface area (Å²) in [7, 11) is 0. The van der Waals surface area contributed by atoms with Gasteiger partial charge in [0.2, 0.25) is 0 Å². The van der Waals surface area contributed by atoms with Crippen molar-refractivity contribution >= 4 is 0 Å². The van der Waals surface area contributed by atoms with E-state index in [9.17, 15) is 5.11 Å². The molecular weight excluding hydrogens is 270 g/mol. The summed E-state index contributed by atoms with van der Waals surface area (Å²) in [6.45, 7) is 3.92. The third-order valence-corrected chi connectivity index (χ3v) is 3.15. The lowest BCUT2D eigenvalue weighted by molar-refractivity contribution is -0.0109. The molecule has 0 saturated heterocycles. The van der Waals surface area contributed by atoms with Crippen LogP contribution in [-0.2, 0) is 4.74 Å². The van der Waals surface area contributed by atoms with Gasteiger partial charge in [-0.2, -0.15) is 0 Å². The number of ether oxygens (including phenoxy) is 2. The molecular formula is C16H21NO4. The number of rotatable bonds is 5. The molecule has 1 aliphatic carbocycles. The predicted octanol–water partition coefficient (Wildman–Crippen LogP) is 1.12. The Hall–Kier alpha value is -1.61. The van der Waals surface area contributed by atoms with Crippen molar-refractivity contribution in [1.29, 1.82) is 0 Å². The van der Waals surface area contributed by atoms with Crippen molar-refractivity contribution in [3.05, 3.63) is 24.0 Å². The summed E-state index contributed by atoms with van der Waals surface area (Å²) in [4.78, 5) is 4.23. The van der Waals surface area contributed by atoms with E-state index >= 15 is 0 Å². The summed E-state index contributed by atoms with van der Waals surface area (Å²) in [6, 6.07) is 3.61. The molecule has 0 atom stereocenters. The summed E-state index contributed by atoms with van der Waals surface area (Å²) in [5, 5.41) is 18.0. The summed E-state index contributed by atoms with van der Waals surface area (Å²) in [5.41, 5.74) is 0.0124. The zero-order valence-electron chi connectivity index (χ0n) is 12.4. The van der Waals surface area contributed by atoms with Crippen molar-refractivity contribution in [2.24, 2.45) is 0 Å². The number of aliphatic hydroxyl groups is 2. The van der Waals surface area contributed by atoms with E-state index in [0.717, 1.165) is 0 Å². The van der Waals surface area contributed by atoms with Crippen LogP contribution in [0.2, 0.25) is 0 Å². The first-order valence-electron chi connectivity index (χ1n) is 7.07. The molecule has 1 saturated carbocycles. The quantitative estimate of drug-likeness (QED) is 0.796. The van der Waals surface area contributed by atoms with Gasteiger partial charge < -0.3 is 19.7 Å². The third kappa shape index (κ3) is 5.01. The van der Waals surface area contributed by atoms with E-state index in [1.807, 2.05) is 19.9 Å². The summed E-state index contributed by atoms with van der Waals surface area (Å²) in [6.07, 6.45) is 2.85. The topological polar surface area (TPSA) is 71.8 Å². The zero-order valence-corrected chi connectivity index (χ0v) is 12.4. The van der Waals surface area contributed by atoms with Gasteiger partial charge in [-0.15, -0.1) is 0 Å². The molecule has 1 aromatic heterocycles. The van der Waals surface area contributed by atoms with Crippen LogP contribution in [0, 0.1) is 11.8 Å². The fourth-order valence-corrected chi connectivity index (χ4v) is 1.90. The Bertz CT molecular complexity index is 509. The first-order chi connectivity index (χ1) is 9.98. The van der Waals surface area contributed by atoms with E-state index in [1.165, 1.54) is 0 Å². The van der Waals surface area contributed by atoms with Crippen molar-refractivity contribution in [1.82, 2.24) is 4.98 Å². The highest BCUT2D eigenvalue weighted by Gasteiger charge is 2.28. The van der Waals surface area contributed by atoms with Crippen molar-refractivity contribution in [2.75, 3.05) is 13.2 Å². The van der Waals surface area contributed by atoms with Crippen molar-refractivity contribution in [3.8, 4) is 17.6 Å². The van der Waals surface area contributed by atoms with Crippen LogP contribution in [0.15, 0.2) is 18.3 Å². The second kappa shape index (κ2) is 6.90. The number of aromatic nitrogens is 1. The zero-order chi connectivity index (χ0) is 15.3. The van der Waals surface area contributed by atoms with Crippen LogP contribution in [0.3, 0.4) is 0 Å². The van der Waals surface area contributed by atoms with Crippen molar-refractivity contribution in [3.63, 3.8) is 0 Å². The van der Waals surface area contributed by atoms with Crippen molar-refractivity contribution in [2.45, 2.75) is 44.5 Å². The normalized spacial score (nSPS) is 21.1. The molecule has 0 aliphatic heterocycles.